The molecule has 0 radical (unpaired) electrons. The van der Waals surface area contributed by atoms with E-state index in [2.05, 4.69) is 20.3 Å². The van der Waals surface area contributed by atoms with Crippen LogP contribution < -0.4 is 10.9 Å². The molecule has 0 aliphatic carbocycles. The molecule has 0 bridgehead atoms. The Hall–Kier alpha value is -3.48. The first-order valence-corrected chi connectivity index (χ1v) is 8.02. The summed E-state index contributed by atoms with van der Waals surface area (Å²) in [6.07, 6.45) is 2.83. The van der Waals surface area contributed by atoms with Crippen molar-refractivity contribution in [2.75, 3.05) is 5.32 Å². The van der Waals surface area contributed by atoms with E-state index in [0.29, 0.717) is 11.5 Å². The summed E-state index contributed by atoms with van der Waals surface area (Å²) in [5.41, 5.74) is 3.17. The molecule has 2 heterocycles. The Morgan fingerprint density at radius 2 is 1.96 bits per heavy atom. The van der Waals surface area contributed by atoms with Crippen molar-refractivity contribution in [1.82, 2.24) is 9.38 Å². The van der Waals surface area contributed by atoms with Crippen molar-refractivity contribution in [3.8, 4) is 0 Å². The molecule has 0 saturated carbocycles. The maximum Gasteiger partial charge on any atom is 0.331 e. The normalized spacial score (nSPS) is 11.0. The highest BCUT2D eigenvalue weighted by atomic mass is 16.7. The molecule has 7 nitrogen and oxygen atoms in total. The van der Waals surface area contributed by atoms with E-state index in [-0.39, 0.29) is 11.1 Å². The molecule has 0 spiro atoms. The maximum atomic E-state index is 12.9. The molecule has 0 atom stereocenters. The van der Waals surface area contributed by atoms with Gasteiger partial charge in [0.05, 0.1) is 6.21 Å². The van der Waals surface area contributed by atoms with E-state index < -0.39 is 5.97 Å². The van der Waals surface area contributed by atoms with Gasteiger partial charge in [-0.15, -0.1) is 0 Å². The Morgan fingerprint density at radius 1 is 1.23 bits per heavy atom. The number of aryl methyl sites for hydroxylation is 2. The summed E-state index contributed by atoms with van der Waals surface area (Å²) in [6.45, 7) is 5.10. The molecule has 3 aromatic rings. The lowest BCUT2D eigenvalue weighted by Crippen LogP contribution is -2.22. The predicted molar refractivity (Wildman–Crippen MR) is 100 cm³/mol. The zero-order valence-corrected chi connectivity index (χ0v) is 14.7. The number of pyridine rings is 1. The van der Waals surface area contributed by atoms with Crippen LogP contribution in [0.2, 0.25) is 0 Å². The van der Waals surface area contributed by atoms with E-state index in [4.69, 9.17) is 0 Å². The number of benzene rings is 1. The maximum absolute atomic E-state index is 12.9. The van der Waals surface area contributed by atoms with Crippen LogP contribution in [-0.4, -0.2) is 21.6 Å². The molecule has 132 valence electrons. The standard InChI is InChI=1S/C19H18N4O3/c1-12-6-8-15(9-7-12)21-17-16(11-20-26-14(3)24)19(25)23-10-4-5-13(2)18(23)22-17/h4-11,21H,1-3H3. The Bertz CT molecular complexity index is 1050. The summed E-state index contributed by atoms with van der Waals surface area (Å²) in [5, 5.41) is 6.72. The van der Waals surface area contributed by atoms with Crippen molar-refractivity contribution in [2.24, 2.45) is 5.16 Å². The Morgan fingerprint density at radius 3 is 2.65 bits per heavy atom. The molecule has 3 rings (SSSR count). The number of rotatable bonds is 4. The molecule has 2 aromatic heterocycles. The second-order valence-corrected chi connectivity index (χ2v) is 5.87. The number of aromatic nitrogens is 2. The largest absolute Gasteiger partial charge is 0.339 e. The molecule has 0 fully saturated rings. The number of carbonyl (C=O) groups excluding carboxylic acids is 1. The topological polar surface area (TPSA) is 85.1 Å². The Balaban J connectivity index is 2.15. The third-order valence-electron chi connectivity index (χ3n) is 3.76. The predicted octanol–water partition coefficient (Wildman–Crippen LogP) is 2.95. The van der Waals surface area contributed by atoms with E-state index >= 15 is 0 Å². The third-order valence-corrected chi connectivity index (χ3v) is 3.76. The lowest BCUT2D eigenvalue weighted by Gasteiger charge is -2.11. The van der Waals surface area contributed by atoms with Crippen molar-refractivity contribution >= 4 is 29.3 Å². The SMILES string of the molecule is CC(=O)ON=Cc1c(Nc2ccc(C)cc2)nc2c(C)cccn2c1=O. The number of hydrogen-bond acceptors (Lipinski definition) is 6. The average Bonchev–Trinajstić information content (AvgIpc) is 2.60. The van der Waals surface area contributed by atoms with Gasteiger partial charge in [-0.3, -0.25) is 9.20 Å². The number of anilines is 2. The van der Waals surface area contributed by atoms with Crippen LogP contribution in [0.3, 0.4) is 0 Å². The first-order valence-electron chi connectivity index (χ1n) is 8.02. The summed E-state index contributed by atoms with van der Waals surface area (Å²) < 4.78 is 1.44. The summed E-state index contributed by atoms with van der Waals surface area (Å²) in [6, 6.07) is 11.3. The number of oxime groups is 1. The quantitative estimate of drug-likeness (QED) is 0.444. The van der Waals surface area contributed by atoms with Gasteiger partial charge in [0.15, 0.2) is 0 Å². The molecule has 0 aliphatic heterocycles. The molecule has 0 amide bonds. The fraction of sp³-hybridized carbons (Fsp3) is 0.158. The van der Waals surface area contributed by atoms with Gasteiger partial charge in [0, 0.05) is 18.8 Å². The molecule has 0 saturated heterocycles. The molecular weight excluding hydrogens is 332 g/mol. The zero-order chi connectivity index (χ0) is 18.7. The lowest BCUT2D eigenvalue weighted by atomic mass is 10.2. The molecule has 26 heavy (non-hydrogen) atoms. The van der Waals surface area contributed by atoms with Crippen molar-refractivity contribution in [1.29, 1.82) is 0 Å². The van der Waals surface area contributed by atoms with Gasteiger partial charge in [0.2, 0.25) is 0 Å². The van der Waals surface area contributed by atoms with Gasteiger partial charge >= 0.3 is 5.97 Å². The van der Waals surface area contributed by atoms with Gasteiger partial charge in [-0.05, 0) is 37.6 Å². The number of hydrogen-bond donors (Lipinski definition) is 1. The van der Waals surface area contributed by atoms with E-state index in [0.717, 1.165) is 16.8 Å². The van der Waals surface area contributed by atoms with Crippen LogP contribution >= 0.6 is 0 Å². The van der Waals surface area contributed by atoms with Gasteiger partial charge in [-0.2, -0.15) is 0 Å². The Labute approximate surface area is 149 Å². The number of fused-ring (bicyclic) bond motifs is 1. The zero-order valence-electron chi connectivity index (χ0n) is 14.7. The van der Waals surface area contributed by atoms with Crippen molar-refractivity contribution in [2.45, 2.75) is 20.8 Å². The minimum Gasteiger partial charge on any atom is -0.339 e. The molecule has 0 unspecified atom stereocenters. The van der Waals surface area contributed by atoms with Crippen LogP contribution in [-0.2, 0) is 9.63 Å². The van der Waals surface area contributed by atoms with Gasteiger partial charge in [0.1, 0.15) is 17.0 Å². The Kier molecular flexibility index (Phi) is 4.79. The van der Waals surface area contributed by atoms with E-state index in [1.165, 1.54) is 17.5 Å². The molecule has 1 N–H and O–H groups in total. The van der Waals surface area contributed by atoms with Crippen LogP contribution in [0.15, 0.2) is 52.5 Å². The van der Waals surface area contributed by atoms with Gasteiger partial charge in [-0.1, -0.05) is 28.9 Å². The summed E-state index contributed by atoms with van der Waals surface area (Å²) in [5.74, 6) is -0.233. The smallest absolute Gasteiger partial charge is 0.331 e. The first kappa shape index (κ1) is 17.3. The van der Waals surface area contributed by atoms with Crippen LogP contribution in [0.5, 0.6) is 0 Å². The van der Waals surface area contributed by atoms with E-state index in [1.807, 2.05) is 44.2 Å². The summed E-state index contributed by atoms with van der Waals surface area (Å²) in [7, 11) is 0. The highest BCUT2D eigenvalue weighted by Gasteiger charge is 2.13. The van der Waals surface area contributed by atoms with Crippen LogP contribution in [0, 0.1) is 13.8 Å². The van der Waals surface area contributed by atoms with Crippen molar-refractivity contribution < 1.29 is 9.63 Å². The van der Waals surface area contributed by atoms with Crippen molar-refractivity contribution in [3.05, 3.63) is 69.6 Å². The number of carbonyl (C=O) groups is 1. The second kappa shape index (κ2) is 7.18. The molecule has 7 heteroatoms. The molecule has 0 aliphatic rings. The minimum atomic E-state index is -0.570. The fourth-order valence-corrected chi connectivity index (χ4v) is 2.45. The van der Waals surface area contributed by atoms with Gasteiger partial charge in [-0.25, -0.2) is 9.78 Å². The average molecular weight is 350 g/mol. The first-order chi connectivity index (χ1) is 12.5. The van der Waals surface area contributed by atoms with Gasteiger partial charge in [0.25, 0.3) is 5.56 Å². The number of nitrogens with one attached hydrogen (secondary N) is 1. The van der Waals surface area contributed by atoms with Crippen molar-refractivity contribution in [3.63, 3.8) is 0 Å². The monoisotopic (exact) mass is 350 g/mol. The highest BCUT2D eigenvalue weighted by Crippen LogP contribution is 2.18. The van der Waals surface area contributed by atoms with Crippen LogP contribution in [0.25, 0.3) is 5.65 Å². The molecule has 1 aromatic carbocycles. The third kappa shape index (κ3) is 3.61. The van der Waals surface area contributed by atoms with Crippen LogP contribution in [0.4, 0.5) is 11.5 Å². The number of nitrogens with zero attached hydrogens (tertiary/aromatic N) is 3. The summed E-state index contributed by atoms with van der Waals surface area (Å²) >= 11 is 0. The van der Waals surface area contributed by atoms with E-state index in [1.54, 1.807) is 12.3 Å². The summed E-state index contributed by atoms with van der Waals surface area (Å²) in [4.78, 5) is 33.0. The van der Waals surface area contributed by atoms with E-state index in [9.17, 15) is 9.59 Å². The second-order valence-electron chi connectivity index (χ2n) is 5.87. The minimum absolute atomic E-state index is 0.190. The van der Waals surface area contributed by atoms with Crippen LogP contribution in [0.1, 0.15) is 23.6 Å². The van der Waals surface area contributed by atoms with Gasteiger partial charge < -0.3 is 10.2 Å². The lowest BCUT2D eigenvalue weighted by molar-refractivity contribution is -0.140. The molecular formula is C19H18N4O3. The fourth-order valence-electron chi connectivity index (χ4n) is 2.45. The highest BCUT2D eigenvalue weighted by molar-refractivity contribution is 5.88.